The van der Waals surface area contributed by atoms with E-state index in [0.717, 1.165) is 36.8 Å². The predicted octanol–water partition coefficient (Wildman–Crippen LogP) is 3.70. The molecule has 1 fully saturated rings. The van der Waals surface area contributed by atoms with Crippen molar-refractivity contribution in [1.82, 2.24) is 20.9 Å². The molecule has 4 rings (SSSR count). The van der Waals surface area contributed by atoms with Crippen molar-refractivity contribution in [2.24, 2.45) is 5.92 Å². The first kappa shape index (κ1) is 24.2. The Morgan fingerprint density at radius 3 is 2.57 bits per heavy atom. The van der Waals surface area contributed by atoms with Crippen LogP contribution in [-0.2, 0) is 11.3 Å². The van der Waals surface area contributed by atoms with E-state index < -0.39 is 11.9 Å². The second kappa shape index (κ2) is 11.5. The number of furan rings is 1. The zero-order valence-electron chi connectivity index (χ0n) is 19.8. The maximum atomic E-state index is 12.9. The molecule has 182 valence electrons. The van der Waals surface area contributed by atoms with Gasteiger partial charge in [0.1, 0.15) is 17.5 Å². The Labute approximate surface area is 204 Å². The van der Waals surface area contributed by atoms with E-state index in [9.17, 15) is 14.4 Å². The van der Waals surface area contributed by atoms with Crippen LogP contribution in [0.4, 0.5) is 0 Å². The van der Waals surface area contributed by atoms with Gasteiger partial charge in [0.15, 0.2) is 5.76 Å². The highest BCUT2D eigenvalue weighted by Gasteiger charge is 2.31. The summed E-state index contributed by atoms with van der Waals surface area (Å²) < 4.78 is 5.84. The fourth-order valence-electron chi connectivity index (χ4n) is 4.45. The summed E-state index contributed by atoms with van der Waals surface area (Å²) in [6.07, 6.45) is 6.72. The number of hydrogen-bond donors (Lipinski definition) is 3. The number of aromatic nitrogens is 1. The standard InChI is InChI=1S/C27H30N4O4/c1-28-27(34)24(19-9-3-2-4-10-19)31-26(33)23-14-13-22(35-23)20-11-7-8-18(16-20)17-30-25(32)21-12-5-6-15-29-21/h5-8,11-16,19,24H,2-4,9-10,17H2,1H3,(H,28,34)(H,30,32)(H,31,33)/t24-/m0/s1. The van der Waals surface area contributed by atoms with E-state index in [0.29, 0.717) is 18.0 Å². The molecule has 0 aliphatic heterocycles. The third-order valence-electron chi connectivity index (χ3n) is 6.33. The molecule has 3 aromatic rings. The molecule has 0 radical (unpaired) electrons. The lowest BCUT2D eigenvalue weighted by atomic mass is 9.83. The monoisotopic (exact) mass is 474 g/mol. The number of nitrogens with one attached hydrogen (secondary N) is 3. The molecular formula is C27H30N4O4. The minimum absolute atomic E-state index is 0.125. The zero-order chi connectivity index (χ0) is 24.6. The van der Waals surface area contributed by atoms with E-state index in [1.54, 1.807) is 43.6 Å². The second-order valence-corrected chi connectivity index (χ2v) is 8.73. The van der Waals surface area contributed by atoms with Crippen LogP contribution in [0.5, 0.6) is 0 Å². The van der Waals surface area contributed by atoms with Gasteiger partial charge < -0.3 is 20.4 Å². The van der Waals surface area contributed by atoms with Gasteiger partial charge in [-0.1, -0.05) is 43.5 Å². The Kier molecular flexibility index (Phi) is 7.92. The van der Waals surface area contributed by atoms with Gasteiger partial charge in [-0.2, -0.15) is 0 Å². The summed E-state index contributed by atoms with van der Waals surface area (Å²) in [6, 6.07) is 15.5. The van der Waals surface area contributed by atoms with Crippen LogP contribution in [0.3, 0.4) is 0 Å². The summed E-state index contributed by atoms with van der Waals surface area (Å²) >= 11 is 0. The highest BCUT2D eigenvalue weighted by Crippen LogP contribution is 2.27. The van der Waals surface area contributed by atoms with Crippen LogP contribution in [0.1, 0.15) is 58.7 Å². The SMILES string of the molecule is CNC(=O)[C@@H](NC(=O)c1ccc(-c2cccc(CNC(=O)c3ccccn3)c2)o1)C1CCCCC1. The first-order chi connectivity index (χ1) is 17.0. The molecule has 1 aromatic carbocycles. The average molecular weight is 475 g/mol. The Bertz CT molecular complexity index is 1170. The molecule has 8 nitrogen and oxygen atoms in total. The molecule has 3 amide bonds. The van der Waals surface area contributed by atoms with Gasteiger partial charge in [0.05, 0.1) is 0 Å². The van der Waals surface area contributed by atoms with Gasteiger partial charge in [0.25, 0.3) is 11.8 Å². The Morgan fingerprint density at radius 1 is 1.00 bits per heavy atom. The van der Waals surface area contributed by atoms with Crippen LogP contribution in [0.15, 0.2) is 65.2 Å². The highest BCUT2D eigenvalue weighted by molar-refractivity contribution is 5.96. The van der Waals surface area contributed by atoms with Crippen LogP contribution in [0, 0.1) is 5.92 Å². The number of hydrogen-bond acceptors (Lipinski definition) is 5. The van der Waals surface area contributed by atoms with Crippen molar-refractivity contribution in [3.8, 4) is 11.3 Å². The molecule has 2 heterocycles. The number of nitrogens with zero attached hydrogens (tertiary/aromatic N) is 1. The van der Waals surface area contributed by atoms with Crippen molar-refractivity contribution in [2.45, 2.75) is 44.7 Å². The van der Waals surface area contributed by atoms with E-state index in [4.69, 9.17) is 4.42 Å². The quantitative estimate of drug-likeness (QED) is 0.461. The van der Waals surface area contributed by atoms with Gasteiger partial charge in [-0.3, -0.25) is 19.4 Å². The number of rotatable bonds is 8. The minimum Gasteiger partial charge on any atom is -0.451 e. The first-order valence-electron chi connectivity index (χ1n) is 12.0. The fraction of sp³-hybridized carbons (Fsp3) is 0.333. The molecule has 1 aliphatic carbocycles. The summed E-state index contributed by atoms with van der Waals surface area (Å²) in [5, 5.41) is 8.40. The minimum atomic E-state index is -0.576. The van der Waals surface area contributed by atoms with Gasteiger partial charge in [0, 0.05) is 25.4 Å². The lowest BCUT2D eigenvalue weighted by Crippen LogP contribution is -2.50. The number of carbonyl (C=O) groups excluding carboxylic acids is 3. The normalized spacial score (nSPS) is 14.7. The van der Waals surface area contributed by atoms with E-state index in [-0.39, 0.29) is 23.5 Å². The summed E-state index contributed by atoms with van der Waals surface area (Å²) in [5.41, 5.74) is 2.02. The molecule has 0 unspecified atom stereocenters. The maximum absolute atomic E-state index is 12.9. The van der Waals surface area contributed by atoms with Crippen molar-refractivity contribution in [3.05, 3.63) is 77.8 Å². The van der Waals surface area contributed by atoms with Gasteiger partial charge in [-0.05, 0) is 54.7 Å². The molecule has 2 aromatic heterocycles. The van der Waals surface area contributed by atoms with Gasteiger partial charge in [0.2, 0.25) is 5.91 Å². The van der Waals surface area contributed by atoms with E-state index in [1.165, 1.54) is 6.42 Å². The highest BCUT2D eigenvalue weighted by atomic mass is 16.4. The second-order valence-electron chi connectivity index (χ2n) is 8.73. The number of pyridine rings is 1. The maximum Gasteiger partial charge on any atom is 0.287 e. The smallest absolute Gasteiger partial charge is 0.287 e. The molecule has 8 heteroatoms. The summed E-state index contributed by atoms with van der Waals surface area (Å²) in [4.78, 5) is 41.7. The predicted molar refractivity (Wildman–Crippen MR) is 131 cm³/mol. The summed E-state index contributed by atoms with van der Waals surface area (Å²) in [5.74, 6) is -0.0379. The molecule has 1 aliphatic rings. The van der Waals surface area contributed by atoms with E-state index in [1.807, 2.05) is 24.3 Å². The lowest BCUT2D eigenvalue weighted by molar-refractivity contribution is -0.124. The van der Waals surface area contributed by atoms with E-state index in [2.05, 4.69) is 20.9 Å². The zero-order valence-corrected chi connectivity index (χ0v) is 19.8. The number of likely N-dealkylation sites (N-methyl/N-ethyl adjacent to an activating group) is 1. The van der Waals surface area contributed by atoms with Crippen molar-refractivity contribution < 1.29 is 18.8 Å². The van der Waals surface area contributed by atoms with Crippen LogP contribution < -0.4 is 16.0 Å². The van der Waals surface area contributed by atoms with Gasteiger partial charge in [-0.15, -0.1) is 0 Å². The number of carbonyl (C=O) groups is 3. The number of amides is 3. The molecule has 1 atom stereocenters. The molecule has 1 saturated carbocycles. The summed E-state index contributed by atoms with van der Waals surface area (Å²) in [6.45, 7) is 0.326. The van der Waals surface area contributed by atoms with Crippen LogP contribution >= 0.6 is 0 Å². The number of benzene rings is 1. The molecule has 0 bridgehead atoms. The fourth-order valence-corrected chi connectivity index (χ4v) is 4.45. The third-order valence-corrected chi connectivity index (χ3v) is 6.33. The lowest BCUT2D eigenvalue weighted by Gasteiger charge is -2.29. The Balaban J connectivity index is 1.41. The molecule has 0 spiro atoms. The summed E-state index contributed by atoms with van der Waals surface area (Å²) in [7, 11) is 1.58. The van der Waals surface area contributed by atoms with Gasteiger partial charge in [-0.25, -0.2) is 0 Å². The third kappa shape index (κ3) is 6.15. The Hall–Kier alpha value is -3.94. The van der Waals surface area contributed by atoms with Crippen molar-refractivity contribution in [1.29, 1.82) is 0 Å². The topological polar surface area (TPSA) is 113 Å². The average Bonchev–Trinajstić information content (AvgIpc) is 3.42. The van der Waals surface area contributed by atoms with Crippen molar-refractivity contribution in [3.63, 3.8) is 0 Å². The first-order valence-corrected chi connectivity index (χ1v) is 12.0. The molecule has 35 heavy (non-hydrogen) atoms. The van der Waals surface area contributed by atoms with E-state index >= 15 is 0 Å². The molecule has 3 N–H and O–H groups in total. The molecule has 0 saturated heterocycles. The molecular weight excluding hydrogens is 444 g/mol. The van der Waals surface area contributed by atoms with Crippen LogP contribution in [0.2, 0.25) is 0 Å². The van der Waals surface area contributed by atoms with Crippen LogP contribution in [0.25, 0.3) is 11.3 Å². The van der Waals surface area contributed by atoms with Crippen molar-refractivity contribution >= 4 is 17.7 Å². The van der Waals surface area contributed by atoms with Gasteiger partial charge >= 0.3 is 0 Å². The largest absolute Gasteiger partial charge is 0.451 e. The van der Waals surface area contributed by atoms with Crippen molar-refractivity contribution in [2.75, 3.05) is 7.05 Å². The van der Waals surface area contributed by atoms with Crippen LogP contribution in [-0.4, -0.2) is 35.8 Å². The Morgan fingerprint density at radius 2 is 1.83 bits per heavy atom.